The van der Waals surface area contributed by atoms with Gasteiger partial charge in [0.2, 0.25) is 0 Å². The number of aryl methyl sites for hydroxylation is 1. The highest BCUT2D eigenvalue weighted by Gasteiger charge is 1.90. The predicted molar refractivity (Wildman–Crippen MR) is 50.2 cm³/mol. The Bertz CT molecular complexity index is 253. The van der Waals surface area contributed by atoms with E-state index in [4.69, 9.17) is 24.8 Å². The van der Waals surface area contributed by atoms with Crippen molar-refractivity contribution in [2.24, 2.45) is 0 Å². The second-order valence-corrected chi connectivity index (χ2v) is 3.18. The second kappa shape index (κ2) is 3.08. The molecular weight excluding hydrogens is 160 g/mol. The Hall–Kier alpha value is -0.470. The zero-order valence-electron chi connectivity index (χ0n) is 5.63. The molecule has 0 aromatic heterocycles. The van der Waals surface area contributed by atoms with E-state index in [0.29, 0.717) is 4.20 Å². The number of rotatable bonds is 1. The van der Waals surface area contributed by atoms with Crippen LogP contribution in [0.15, 0.2) is 24.3 Å². The quantitative estimate of drug-likeness (QED) is 0.464. The van der Waals surface area contributed by atoms with Crippen LogP contribution < -0.4 is 0 Å². The van der Waals surface area contributed by atoms with Crippen molar-refractivity contribution in [1.82, 2.24) is 0 Å². The van der Waals surface area contributed by atoms with Gasteiger partial charge in [-0.2, -0.15) is 0 Å². The molecule has 1 aromatic rings. The van der Waals surface area contributed by atoms with Crippen molar-refractivity contribution in [2.45, 2.75) is 6.92 Å². The van der Waals surface area contributed by atoms with Crippen LogP contribution in [0, 0.1) is 6.92 Å². The van der Waals surface area contributed by atoms with Gasteiger partial charge in [0.1, 0.15) is 0 Å². The van der Waals surface area contributed by atoms with Gasteiger partial charge in [-0.25, -0.2) is 0 Å². The van der Waals surface area contributed by atoms with Crippen LogP contribution in [0.5, 0.6) is 0 Å². The number of thiocarbonyl (C=S) groups is 1. The van der Waals surface area contributed by atoms with Crippen molar-refractivity contribution in [1.29, 1.82) is 0 Å². The first-order valence-corrected chi connectivity index (χ1v) is 3.80. The highest BCUT2D eigenvalue weighted by atomic mass is 32.1. The van der Waals surface area contributed by atoms with Crippen molar-refractivity contribution < 1.29 is 0 Å². The molecule has 0 aliphatic rings. The SMILES string of the molecule is Cc1ccccc1C(=S)[S-]. The number of hydrogen-bond donors (Lipinski definition) is 0. The molecule has 0 unspecified atom stereocenters. The van der Waals surface area contributed by atoms with Crippen LogP contribution in [0.2, 0.25) is 0 Å². The Labute approximate surface area is 71.7 Å². The average Bonchev–Trinajstić information content (AvgIpc) is 1.88. The van der Waals surface area contributed by atoms with Gasteiger partial charge in [-0.15, -0.1) is 4.20 Å². The van der Waals surface area contributed by atoms with Gasteiger partial charge < -0.3 is 24.8 Å². The summed E-state index contributed by atoms with van der Waals surface area (Å²) in [7, 11) is 0. The molecule has 0 bridgehead atoms. The Morgan fingerprint density at radius 3 is 2.40 bits per heavy atom. The predicted octanol–water partition coefficient (Wildman–Crippen LogP) is 2.22. The zero-order chi connectivity index (χ0) is 7.56. The van der Waals surface area contributed by atoms with Crippen LogP contribution in [0.3, 0.4) is 0 Å². The molecule has 0 saturated carbocycles. The molecule has 10 heavy (non-hydrogen) atoms. The standard InChI is InChI=1S/C8H8S2/c1-6-4-2-3-5-7(6)8(9)10/h2-5H,1H3,(H,9,10)/p-1. The van der Waals surface area contributed by atoms with Crippen LogP contribution in [0.1, 0.15) is 11.1 Å². The minimum absolute atomic E-state index is 0.554. The van der Waals surface area contributed by atoms with Gasteiger partial charge in [0.25, 0.3) is 0 Å². The van der Waals surface area contributed by atoms with Gasteiger partial charge in [0.15, 0.2) is 0 Å². The Morgan fingerprint density at radius 1 is 1.40 bits per heavy atom. The van der Waals surface area contributed by atoms with E-state index in [9.17, 15) is 0 Å². The summed E-state index contributed by atoms with van der Waals surface area (Å²) in [6.07, 6.45) is 0. The first-order valence-electron chi connectivity index (χ1n) is 2.99. The smallest absolute Gasteiger partial charge is 0.0350 e. The molecule has 0 radical (unpaired) electrons. The molecule has 0 aliphatic carbocycles. The maximum absolute atomic E-state index is 4.86. The lowest BCUT2D eigenvalue weighted by atomic mass is 10.1. The third kappa shape index (κ3) is 1.52. The van der Waals surface area contributed by atoms with Crippen LogP contribution in [0.4, 0.5) is 0 Å². The summed E-state index contributed by atoms with van der Waals surface area (Å²) in [4.78, 5) is 0. The minimum Gasteiger partial charge on any atom is -0.428 e. The van der Waals surface area contributed by atoms with E-state index in [1.54, 1.807) is 0 Å². The monoisotopic (exact) mass is 167 g/mol. The first-order chi connectivity index (χ1) is 4.72. The summed E-state index contributed by atoms with van der Waals surface area (Å²) in [6, 6.07) is 7.88. The maximum atomic E-state index is 4.86. The molecule has 52 valence electrons. The van der Waals surface area contributed by atoms with Crippen LogP contribution in [0.25, 0.3) is 0 Å². The van der Waals surface area contributed by atoms with Gasteiger partial charge in [-0.1, -0.05) is 24.3 Å². The Kier molecular flexibility index (Phi) is 2.35. The van der Waals surface area contributed by atoms with Gasteiger partial charge in [-0.3, -0.25) is 0 Å². The minimum atomic E-state index is 0.554. The van der Waals surface area contributed by atoms with Crippen molar-refractivity contribution in [3.8, 4) is 0 Å². The van der Waals surface area contributed by atoms with Crippen LogP contribution >= 0.6 is 12.2 Å². The van der Waals surface area contributed by atoms with Crippen molar-refractivity contribution in [3.63, 3.8) is 0 Å². The normalized spacial score (nSPS) is 9.30. The molecule has 0 N–H and O–H groups in total. The molecule has 0 saturated heterocycles. The third-order valence-corrected chi connectivity index (χ3v) is 1.80. The molecule has 0 amide bonds. The molecule has 0 aliphatic heterocycles. The van der Waals surface area contributed by atoms with Gasteiger partial charge in [0.05, 0.1) is 0 Å². The fourth-order valence-corrected chi connectivity index (χ4v) is 1.26. The summed E-state index contributed by atoms with van der Waals surface area (Å²) in [5.74, 6) is 0. The van der Waals surface area contributed by atoms with Crippen LogP contribution in [-0.4, -0.2) is 4.20 Å². The van der Waals surface area contributed by atoms with Crippen LogP contribution in [-0.2, 0) is 12.6 Å². The highest BCUT2D eigenvalue weighted by Crippen LogP contribution is 2.07. The fourth-order valence-electron chi connectivity index (χ4n) is 0.802. The summed E-state index contributed by atoms with van der Waals surface area (Å²) in [5.41, 5.74) is 2.16. The summed E-state index contributed by atoms with van der Waals surface area (Å²) < 4.78 is 0.554. The molecule has 0 heterocycles. The van der Waals surface area contributed by atoms with Gasteiger partial charge in [-0.05, 0) is 18.1 Å². The highest BCUT2D eigenvalue weighted by molar-refractivity contribution is 8.01. The summed E-state index contributed by atoms with van der Waals surface area (Å²) in [5, 5.41) is 0. The lowest BCUT2D eigenvalue weighted by Crippen LogP contribution is -1.93. The van der Waals surface area contributed by atoms with E-state index < -0.39 is 0 Å². The summed E-state index contributed by atoms with van der Waals surface area (Å²) >= 11 is 9.73. The Morgan fingerprint density at radius 2 is 2.00 bits per heavy atom. The van der Waals surface area contributed by atoms with Gasteiger partial charge in [0, 0.05) is 0 Å². The van der Waals surface area contributed by atoms with E-state index in [1.165, 1.54) is 0 Å². The molecular formula is C8H7S2-. The molecule has 1 aromatic carbocycles. The number of hydrogen-bond acceptors (Lipinski definition) is 2. The van der Waals surface area contributed by atoms with E-state index >= 15 is 0 Å². The van der Waals surface area contributed by atoms with E-state index in [1.807, 2.05) is 31.2 Å². The molecule has 1 rings (SSSR count). The Balaban J connectivity index is 3.15. The van der Waals surface area contributed by atoms with Crippen molar-refractivity contribution >= 4 is 29.0 Å². The zero-order valence-corrected chi connectivity index (χ0v) is 7.26. The average molecular weight is 167 g/mol. The third-order valence-electron chi connectivity index (χ3n) is 1.36. The first kappa shape index (κ1) is 7.63. The molecule has 2 heteroatoms. The van der Waals surface area contributed by atoms with Crippen molar-refractivity contribution in [2.75, 3.05) is 0 Å². The molecule has 0 spiro atoms. The number of benzene rings is 1. The largest absolute Gasteiger partial charge is 0.428 e. The van der Waals surface area contributed by atoms with Gasteiger partial charge >= 0.3 is 0 Å². The fraction of sp³-hybridized carbons (Fsp3) is 0.125. The van der Waals surface area contributed by atoms with Crippen molar-refractivity contribution in [3.05, 3.63) is 35.4 Å². The molecule has 0 fully saturated rings. The lowest BCUT2D eigenvalue weighted by Gasteiger charge is -2.07. The molecule has 0 atom stereocenters. The topological polar surface area (TPSA) is 0 Å². The summed E-state index contributed by atoms with van der Waals surface area (Å²) in [6.45, 7) is 2.01. The van der Waals surface area contributed by atoms with E-state index in [-0.39, 0.29) is 0 Å². The van der Waals surface area contributed by atoms with E-state index in [2.05, 4.69) is 0 Å². The second-order valence-electron chi connectivity index (χ2n) is 2.10. The molecule has 0 nitrogen and oxygen atoms in total. The van der Waals surface area contributed by atoms with E-state index in [0.717, 1.165) is 11.1 Å². The lowest BCUT2D eigenvalue weighted by molar-refractivity contribution is 1.46. The maximum Gasteiger partial charge on any atom is -0.0350 e.